The van der Waals surface area contributed by atoms with Gasteiger partial charge in [0.1, 0.15) is 11.5 Å². The fourth-order valence-electron chi connectivity index (χ4n) is 1.53. The fraction of sp³-hybridized carbons (Fsp3) is 0.462. The summed E-state index contributed by atoms with van der Waals surface area (Å²) in [7, 11) is 0. The molecule has 0 unspecified atom stereocenters. The molecule has 0 aliphatic rings. The van der Waals surface area contributed by atoms with Crippen molar-refractivity contribution >= 4 is 17.3 Å². The van der Waals surface area contributed by atoms with Gasteiger partial charge in [-0.2, -0.15) is 0 Å². The molecule has 0 aromatic heterocycles. The van der Waals surface area contributed by atoms with E-state index in [1.165, 1.54) is 0 Å². The van der Waals surface area contributed by atoms with Crippen molar-refractivity contribution in [3.8, 4) is 0 Å². The number of halogens is 1. The minimum Gasteiger partial charge on any atom is -0.379 e. The molecule has 0 heterocycles. The highest BCUT2D eigenvalue weighted by Gasteiger charge is 2.14. The van der Waals surface area contributed by atoms with Crippen molar-refractivity contribution in [2.45, 2.75) is 20.3 Å². The Morgan fingerprint density at radius 3 is 2.75 bits per heavy atom. The zero-order chi connectivity index (χ0) is 15.1. The van der Waals surface area contributed by atoms with E-state index in [4.69, 9.17) is 0 Å². The highest BCUT2D eigenvalue weighted by molar-refractivity contribution is 5.76. The molecule has 0 aliphatic heterocycles. The van der Waals surface area contributed by atoms with Crippen molar-refractivity contribution in [2.24, 2.45) is 5.92 Å². The molecule has 1 aromatic rings. The summed E-state index contributed by atoms with van der Waals surface area (Å²) >= 11 is 0. The van der Waals surface area contributed by atoms with Crippen LogP contribution in [0.2, 0.25) is 0 Å². The first-order valence-corrected chi connectivity index (χ1v) is 6.34. The monoisotopic (exact) mass is 283 g/mol. The summed E-state index contributed by atoms with van der Waals surface area (Å²) in [5.74, 6) is -0.358. The van der Waals surface area contributed by atoms with Gasteiger partial charge in [-0.1, -0.05) is 13.8 Å². The van der Waals surface area contributed by atoms with Gasteiger partial charge in [0.15, 0.2) is 0 Å². The van der Waals surface area contributed by atoms with Crippen molar-refractivity contribution in [3.63, 3.8) is 0 Å². The molecule has 1 rings (SSSR count). The Labute approximate surface area is 116 Å². The molecule has 0 saturated carbocycles. The van der Waals surface area contributed by atoms with Gasteiger partial charge >= 0.3 is 0 Å². The first-order valence-electron chi connectivity index (χ1n) is 6.34. The number of nitro groups is 1. The maximum Gasteiger partial charge on any atom is 0.292 e. The van der Waals surface area contributed by atoms with Crippen LogP contribution in [0.25, 0.3) is 0 Å². The molecule has 7 heteroatoms. The van der Waals surface area contributed by atoms with Gasteiger partial charge in [-0.15, -0.1) is 0 Å². The minimum atomic E-state index is -0.597. The van der Waals surface area contributed by atoms with Crippen LogP contribution in [0.5, 0.6) is 0 Å². The van der Waals surface area contributed by atoms with E-state index in [0.717, 1.165) is 18.2 Å². The molecule has 1 amide bonds. The fourth-order valence-corrected chi connectivity index (χ4v) is 1.53. The van der Waals surface area contributed by atoms with Crippen LogP contribution in [0.1, 0.15) is 20.3 Å². The number of amides is 1. The number of benzene rings is 1. The topological polar surface area (TPSA) is 84.3 Å². The largest absolute Gasteiger partial charge is 0.379 e. The molecule has 0 atom stereocenters. The van der Waals surface area contributed by atoms with Crippen LogP contribution < -0.4 is 10.6 Å². The van der Waals surface area contributed by atoms with E-state index in [1.54, 1.807) is 0 Å². The lowest BCUT2D eigenvalue weighted by atomic mass is 10.2. The summed E-state index contributed by atoms with van der Waals surface area (Å²) in [6.45, 7) is 4.75. The van der Waals surface area contributed by atoms with E-state index in [0.29, 0.717) is 12.5 Å². The number of nitrogens with one attached hydrogen (secondary N) is 2. The smallest absolute Gasteiger partial charge is 0.292 e. The summed E-state index contributed by atoms with van der Waals surface area (Å²) in [6.07, 6.45) is 0.167. The standard InChI is InChI=1S/C13H18FN3O3/c1-9(2)8-16-13(18)5-6-15-11-7-10(14)3-4-12(11)17(19)20/h3-4,7,9,15H,5-6,8H2,1-2H3,(H,16,18). The summed E-state index contributed by atoms with van der Waals surface area (Å²) in [5.41, 5.74) is -0.138. The number of hydrogen-bond acceptors (Lipinski definition) is 4. The second-order valence-corrected chi connectivity index (χ2v) is 4.79. The summed E-state index contributed by atoms with van der Waals surface area (Å²) in [6, 6.07) is 3.17. The molecule has 20 heavy (non-hydrogen) atoms. The molecule has 0 fully saturated rings. The van der Waals surface area contributed by atoms with Crippen LogP contribution in [0.3, 0.4) is 0 Å². The Bertz CT molecular complexity index is 492. The second-order valence-electron chi connectivity index (χ2n) is 4.79. The highest BCUT2D eigenvalue weighted by atomic mass is 19.1. The quantitative estimate of drug-likeness (QED) is 0.594. The number of nitro benzene ring substituents is 1. The van der Waals surface area contributed by atoms with Crippen molar-refractivity contribution in [2.75, 3.05) is 18.4 Å². The van der Waals surface area contributed by atoms with E-state index in [9.17, 15) is 19.3 Å². The SMILES string of the molecule is CC(C)CNC(=O)CCNc1cc(F)ccc1[N+](=O)[O-]. The van der Waals surface area contributed by atoms with Crippen LogP contribution >= 0.6 is 0 Å². The molecule has 6 nitrogen and oxygen atoms in total. The number of anilines is 1. The number of nitrogens with zero attached hydrogens (tertiary/aromatic N) is 1. The lowest BCUT2D eigenvalue weighted by Gasteiger charge is -2.09. The number of carbonyl (C=O) groups excluding carboxylic acids is 1. The number of hydrogen-bond donors (Lipinski definition) is 2. The third-order valence-electron chi connectivity index (χ3n) is 2.53. The zero-order valence-electron chi connectivity index (χ0n) is 11.5. The van der Waals surface area contributed by atoms with E-state index < -0.39 is 10.7 Å². The Morgan fingerprint density at radius 1 is 1.45 bits per heavy atom. The van der Waals surface area contributed by atoms with Crippen molar-refractivity contribution in [3.05, 3.63) is 34.1 Å². The maximum absolute atomic E-state index is 13.1. The van der Waals surface area contributed by atoms with Gasteiger partial charge in [0.2, 0.25) is 5.91 Å². The molecule has 2 N–H and O–H groups in total. The van der Waals surface area contributed by atoms with Gasteiger partial charge < -0.3 is 10.6 Å². The number of rotatable bonds is 7. The van der Waals surface area contributed by atoms with Gasteiger partial charge in [-0.3, -0.25) is 14.9 Å². The van der Waals surface area contributed by atoms with Gasteiger partial charge in [-0.25, -0.2) is 4.39 Å². The first kappa shape index (κ1) is 15.9. The van der Waals surface area contributed by atoms with Crippen molar-refractivity contribution in [1.82, 2.24) is 5.32 Å². The lowest BCUT2D eigenvalue weighted by molar-refractivity contribution is -0.384. The lowest BCUT2D eigenvalue weighted by Crippen LogP contribution is -2.28. The Kier molecular flexibility index (Phi) is 5.89. The zero-order valence-corrected chi connectivity index (χ0v) is 11.5. The molecule has 0 radical (unpaired) electrons. The van der Waals surface area contributed by atoms with Crippen LogP contribution in [0.15, 0.2) is 18.2 Å². The molecule has 0 aliphatic carbocycles. The van der Waals surface area contributed by atoms with Crippen LogP contribution in [0, 0.1) is 21.8 Å². The van der Waals surface area contributed by atoms with Gasteiger partial charge in [0, 0.05) is 31.6 Å². The van der Waals surface area contributed by atoms with Crippen LogP contribution in [-0.4, -0.2) is 23.9 Å². The third-order valence-corrected chi connectivity index (χ3v) is 2.53. The Hall–Kier alpha value is -2.18. The summed E-state index contributed by atoms with van der Waals surface area (Å²) in [4.78, 5) is 21.6. The van der Waals surface area contributed by atoms with E-state index >= 15 is 0 Å². The molecule has 1 aromatic carbocycles. The van der Waals surface area contributed by atoms with E-state index in [2.05, 4.69) is 10.6 Å². The highest BCUT2D eigenvalue weighted by Crippen LogP contribution is 2.24. The van der Waals surface area contributed by atoms with Gasteiger partial charge in [0.25, 0.3) is 5.69 Å². The Balaban J connectivity index is 2.51. The van der Waals surface area contributed by atoms with Crippen molar-refractivity contribution in [1.29, 1.82) is 0 Å². The van der Waals surface area contributed by atoms with Gasteiger partial charge in [-0.05, 0) is 12.0 Å². The maximum atomic E-state index is 13.1. The van der Waals surface area contributed by atoms with E-state index in [1.807, 2.05) is 13.8 Å². The Morgan fingerprint density at radius 2 is 2.15 bits per heavy atom. The van der Waals surface area contributed by atoms with E-state index in [-0.39, 0.29) is 30.2 Å². The normalized spacial score (nSPS) is 10.4. The predicted octanol–water partition coefficient (Wildman–Crippen LogP) is 2.31. The third kappa shape index (κ3) is 5.21. The molecule has 0 bridgehead atoms. The van der Waals surface area contributed by atoms with Crippen molar-refractivity contribution < 1.29 is 14.1 Å². The molecular formula is C13H18FN3O3. The van der Waals surface area contributed by atoms with Gasteiger partial charge in [0.05, 0.1) is 4.92 Å². The summed E-state index contributed by atoms with van der Waals surface area (Å²) < 4.78 is 13.1. The second kappa shape index (κ2) is 7.42. The molecule has 0 spiro atoms. The minimum absolute atomic E-state index is 0.0756. The molecule has 0 saturated heterocycles. The average Bonchev–Trinajstić information content (AvgIpc) is 2.36. The predicted molar refractivity (Wildman–Crippen MR) is 74.0 cm³/mol. The molecule has 110 valence electrons. The average molecular weight is 283 g/mol. The first-order chi connectivity index (χ1) is 9.40. The molecular weight excluding hydrogens is 265 g/mol. The summed E-state index contributed by atoms with van der Waals surface area (Å²) in [5, 5.41) is 16.2. The van der Waals surface area contributed by atoms with Crippen LogP contribution in [-0.2, 0) is 4.79 Å². The van der Waals surface area contributed by atoms with Crippen LogP contribution in [0.4, 0.5) is 15.8 Å². The number of carbonyl (C=O) groups is 1.